The number of fused-ring (bicyclic) bond motifs is 3. The van der Waals surface area contributed by atoms with E-state index in [4.69, 9.17) is 16.1 Å². The molecule has 0 saturated heterocycles. The first-order valence-corrected chi connectivity index (χ1v) is 12.1. The maximum atomic E-state index is 13.7. The number of amides is 1. The highest BCUT2D eigenvalue weighted by Gasteiger charge is 2.23. The monoisotopic (exact) mass is 453 g/mol. The van der Waals surface area contributed by atoms with Gasteiger partial charge in [0.05, 0.1) is 30.0 Å². The molecule has 1 N–H and O–H groups in total. The Morgan fingerprint density at radius 2 is 2.10 bits per heavy atom. The second-order valence-electron chi connectivity index (χ2n) is 7.12. The Balaban J connectivity index is 1.80. The zero-order chi connectivity index (χ0) is 21.8. The summed E-state index contributed by atoms with van der Waals surface area (Å²) in [6.07, 6.45) is 9.35. The molecule has 0 aliphatic heterocycles. The Morgan fingerprint density at radius 3 is 2.84 bits per heavy atom. The highest BCUT2D eigenvalue weighted by atomic mass is 32.2. The summed E-state index contributed by atoms with van der Waals surface area (Å²) in [5.41, 5.74) is 1.76. The van der Waals surface area contributed by atoms with Crippen molar-refractivity contribution in [3.63, 3.8) is 0 Å². The number of aryl methyl sites for hydroxylation is 2. The van der Waals surface area contributed by atoms with Crippen molar-refractivity contribution in [3.8, 4) is 23.8 Å². The number of thiophene rings is 1. The average molecular weight is 454 g/mol. The minimum absolute atomic E-state index is 0.0832. The number of nitrogens with one attached hydrogen (secondary N) is 1. The van der Waals surface area contributed by atoms with Crippen LogP contribution in [0.15, 0.2) is 34.2 Å². The maximum absolute atomic E-state index is 13.7. The van der Waals surface area contributed by atoms with Crippen LogP contribution in [0.4, 0.5) is 0 Å². The highest BCUT2D eigenvalue weighted by Crippen LogP contribution is 2.35. The zero-order valence-electron chi connectivity index (χ0n) is 17.3. The molecule has 160 valence electrons. The number of hydrogen-bond acceptors (Lipinski definition) is 6. The van der Waals surface area contributed by atoms with Gasteiger partial charge >= 0.3 is 0 Å². The number of carbonyl (C=O) groups is 1. The molecule has 1 aliphatic carbocycles. The molecular weight excluding hydrogens is 430 g/mol. The smallest absolute Gasteiger partial charge is 0.267 e. The lowest BCUT2D eigenvalue weighted by Crippen LogP contribution is -2.26. The molecule has 0 saturated carbocycles. The molecule has 6 nitrogen and oxygen atoms in total. The van der Waals surface area contributed by atoms with Gasteiger partial charge in [-0.05, 0) is 62.4 Å². The third-order valence-corrected chi connectivity index (χ3v) is 7.21. The zero-order valence-corrected chi connectivity index (χ0v) is 18.9. The van der Waals surface area contributed by atoms with E-state index >= 15 is 0 Å². The van der Waals surface area contributed by atoms with E-state index < -0.39 is 0 Å². The van der Waals surface area contributed by atoms with Crippen LogP contribution in [0.3, 0.4) is 0 Å². The fourth-order valence-corrected chi connectivity index (χ4v) is 5.84. The number of benzene rings is 1. The van der Waals surface area contributed by atoms with Crippen LogP contribution < -0.4 is 15.6 Å². The number of aromatic nitrogens is 2. The Hall–Kier alpha value is -2.76. The molecule has 0 radical (unpaired) electrons. The second kappa shape index (κ2) is 9.58. The number of rotatable bonds is 7. The Bertz CT molecular complexity index is 1210. The van der Waals surface area contributed by atoms with Crippen LogP contribution >= 0.6 is 23.1 Å². The lowest BCUT2D eigenvalue weighted by molar-refractivity contribution is -0.118. The first-order valence-electron chi connectivity index (χ1n) is 10.3. The summed E-state index contributed by atoms with van der Waals surface area (Å²) < 4.78 is 7.14. The van der Waals surface area contributed by atoms with E-state index in [1.165, 1.54) is 16.6 Å². The van der Waals surface area contributed by atoms with Crippen LogP contribution in [0.25, 0.3) is 15.9 Å². The summed E-state index contributed by atoms with van der Waals surface area (Å²) in [4.78, 5) is 32.6. The number of hydrogen-bond donors (Lipinski definition) is 1. The predicted octanol–water partition coefficient (Wildman–Crippen LogP) is 3.57. The fraction of sp³-hybridized carbons (Fsp3) is 0.348. The summed E-state index contributed by atoms with van der Waals surface area (Å²) in [6, 6.07) is 7.38. The Kier molecular flexibility index (Phi) is 6.64. The van der Waals surface area contributed by atoms with Crippen LogP contribution in [0.5, 0.6) is 5.75 Å². The molecule has 0 bridgehead atoms. The maximum Gasteiger partial charge on any atom is 0.267 e. The van der Waals surface area contributed by atoms with Gasteiger partial charge in [0, 0.05) is 4.88 Å². The third-order valence-electron chi connectivity index (χ3n) is 5.08. The van der Waals surface area contributed by atoms with Gasteiger partial charge in [-0.2, -0.15) is 0 Å². The van der Waals surface area contributed by atoms with Crippen molar-refractivity contribution in [2.75, 3.05) is 18.9 Å². The van der Waals surface area contributed by atoms with Crippen molar-refractivity contribution in [3.05, 3.63) is 45.1 Å². The first-order chi connectivity index (χ1) is 15.1. The minimum atomic E-state index is -0.194. The topological polar surface area (TPSA) is 73.2 Å². The highest BCUT2D eigenvalue weighted by molar-refractivity contribution is 7.99. The molecule has 4 rings (SSSR count). The van der Waals surface area contributed by atoms with Crippen molar-refractivity contribution in [1.82, 2.24) is 14.9 Å². The van der Waals surface area contributed by atoms with Crippen molar-refractivity contribution in [1.29, 1.82) is 0 Å². The third kappa shape index (κ3) is 4.48. The van der Waals surface area contributed by atoms with Gasteiger partial charge < -0.3 is 10.1 Å². The van der Waals surface area contributed by atoms with Gasteiger partial charge in [0.2, 0.25) is 5.91 Å². The van der Waals surface area contributed by atoms with Gasteiger partial charge in [-0.15, -0.1) is 17.8 Å². The van der Waals surface area contributed by atoms with Crippen LogP contribution in [0.1, 0.15) is 30.2 Å². The summed E-state index contributed by atoms with van der Waals surface area (Å²) in [5, 5.41) is 3.86. The minimum Gasteiger partial charge on any atom is -0.494 e. The Labute approximate surface area is 189 Å². The molecule has 0 fully saturated rings. The van der Waals surface area contributed by atoms with Crippen LogP contribution in [0, 0.1) is 12.3 Å². The number of carbonyl (C=O) groups excluding carboxylic acids is 1. The molecule has 0 atom stereocenters. The van der Waals surface area contributed by atoms with Crippen molar-refractivity contribution in [2.45, 2.75) is 37.8 Å². The van der Waals surface area contributed by atoms with E-state index in [-0.39, 0.29) is 23.8 Å². The molecule has 3 aromatic rings. The van der Waals surface area contributed by atoms with Gasteiger partial charge in [-0.1, -0.05) is 17.7 Å². The molecule has 0 unspecified atom stereocenters. The van der Waals surface area contributed by atoms with E-state index in [1.54, 1.807) is 15.9 Å². The SMILES string of the molecule is C#CCNC(=O)CSc1nc2sc3c(c2c(=O)n1-c1ccc(OCC)cc1)CCCC3. The quantitative estimate of drug-likeness (QED) is 0.336. The van der Waals surface area contributed by atoms with Gasteiger partial charge in [0.25, 0.3) is 5.56 Å². The molecule has 8 heteroatoms. The van der Waals surface area contributed by atoms with E-state index in [1.807, 2.05) is 31.2 Å². The summed E-state index contributed by atoms with van der Waals surface area (Å²) in [5.74, 6) is 3.06. The molecular formula is C23H23N3O3S2. The van der Waals surface area contributed by atoms with Gasteiger partial charge in [-0.3, -0.25) is 14.2 Å². The van der Waals surface area contributed by atoms with Crippen molar-refractivity contribution < 1.29 is 9.53 Å². The van der Waals surface area contributed by atoms with E-state index in [2.05, 4.69) is 11.2 Å². The van der Waals surface area contributed by atoms with Crippen LogP contribution in [-0.4, -0.2) is 34.4 Å². The molecule has 31 heavy (non-hydrogen) atoms. The number of terminal acetylenes is 1. The lowest BCUT2D eigenvalue weighted by atomic mass is 9.97. The first kappa shape index (κ1) is 21.5. The molecule has 2 aromatic heterocycles. The summed E-state index contributed by atoms with van der Waals surface area (Å²) in [6.45, 7) is 2.67. The molecule has 1 aromatic carbocycles. The molecule has 2 heterocycles. The number of ether oxygens (including phenoxy) is 1. The molecule has 1 amide bonds. The fourth-order valence-electron chi connectivity index (χ4n) is 3.70. The number of thioether (sulfide) groups is 1. The largest absolute Gasteiger partial charge is 0.494 e. The van der Waals surface area contributed by atoms with Crippen molar-refractivity contribution >= 4 is 39.2 Å². The van der Waals surface area contributed by atoms with Crippen LogP contribution in [-0.2, 0) is 17.6 Å². The average Bonchev–Trinajstić information content (AvgIpc) is 3.16. The van der Waals surface area contributed by atoms with E-state index in [9.17, 15) is 9.59 Å². The van der Waals surface area contributed by atoms with Gasteiger partial charge in [0.1, 0.15) is 10.6 Å². The normalized spacial score (nSPS) is 12.9. The lowest BCUT2D eigenvalue weighted by Gasteiger charge is -2.14. The van der Waals surface area contributed by atoms with Crippen LogP contribution in [0.2, 0.25) is 0 Å². The van der Waals surface area contributed by atoms with E-state index in [0.29, 0.717) is 17.5 Å². The van der Waals surface area contributed by atoms with Gasteiger partial charge in [0.15, 0.2) is 5.16 Å². The number of nitrogens with zero attached hydrogens (tertiary/aromatic N) is 2. The van der Waals surface area contributed by atoms with E-state index in [0.717, 1.165) is 47.2 Å². The second-order valence-corrected chi connectivity index (χ2v) is 9.15. The Morgan fingerprint density at radius 1 is 1.32 bits per heavy atom. The van der Waals surface area contributed by atoms with Gasteiger partial charge in [-0.25, -0.2) is 4.98 Å². The van der Waals surface area contributed by atoms with Crippen molar-refractivity contribution in [2.24, 2.45) is 0 Å². The summed E-state index contributed by atoms with van der Waals surface area (Å²) in [7, 11) is 0. The summed E-state index contributed by atoms with van der Waals surface area (Å²) >= 11 is 2.84. The standard InChI is InChI=1S/C23H23N3O3S2/c1-3-13-24-19(27)14-30-23-25-21-20(17-7-5-6-8-18(17)31-21)22(28)26(23)15-9-11-16(12-10-15)29-4-2/h1,9-12H,4-8,13-14H2,2H3,(H,24,27). The molecule has 0 spiro atoms. The molecule has 1 aliphatic rings. The predicted molar refractivity (Wildman–Crippen MR) is 126 cm³/mol.